The van der Waals surface area contributed by atoms with Gasteiger partial charge in [0.25, 0.3) is 0 Å². The summed E-state index contributed by atoms with van der Waals surface area (Å²) in [6, 6.07) is 6.85. The van der Waals surface area contributed by atoms with Gasteiger partial charge in [0.15, 0.2) is 0 Å². The number of hydrogen-bond donors (Lipinski definition) is 0. The molecule has 1 saturated heterocycles. The van der Waals surface area contributed by atoms with E-state index in [0.29, 0.717) is 53.9 Å². The molecule has 1 aromatic carbocycles. The zero-order valence-corrected chi connectivity index (χ0v) is 16.4. The van der Waals surface area contributed by atoms with Crippen molar-refractivity contribution >= 4 is 39.9 Å². The molecule has 0 spiro atoms. The molecule has 1 amide bonds. The molecular formula is C18H14ClF3N4O2S. The number of carbonyl (C=O) groups is 1. The number of rotatable bonds is 3. The molecule has 0 radical (unpaired) electrons. The molecule has 6 nitrogen and oxygen atoms in total. The van der Waals surface area contributed by atoms with Crippen molar-refractivity contribution in [3.8, 4) is 11.3 Å². The maximum Gasteiger partial charge on any atom is 0.445 e. The Hall–Kier alpha value is -2.43. The highest BCUT2D eigenvalue weighted by Gasteiger charge is 2.36. The lowest BCUT2D eigenvalue weighted by atomic mass is 10.1. The molecule has 1 aliphatic rings. The molecule has 0 aliphatic carbocycles. The van der Waals surface area contributed by atoms with E-state index < -0.39 is 11.2 Å². The summed E-state index contributed by atoms with van der Waals surface area (Å²) < 4.78 is 45.5. The lowest BCUT2D eigenvalue weighted by Crippen LogP contribution is -2.39. The first-order valence-corrected chi connectivity index (χ1v) is 9.80. The van der Waals surface area contributed by atoms with E-state index in [-0.39, 0.29) is 16.6 Å². The van der Waals surface area contributed by atoms with Crippen LogP contribution in [0.5, 0.6) is 0 Å². The molecule has 0 unspecified atom stereocenters. The average Bonchev–Trinajstić information content (AvgIpc) is 3.25. The first-order valence-electron chi connectivity index (χ1n) is 8.61. The Balaban J connectivity index is 1.79. The van der Waals surface area contributed by atoms with Crippen molar-refractivity contribution < 1.29 is 22.7 Å². The second kappa shape index (κ2) is 7.77. The largest absolute Gasteiger partial charge is 0.445 e. The van der Waals surface area contributed by atoms with Crippen molar-refractivity contribution in [2.75, 3.05) is 26.3 Å². The van der Waals surface area contributed by atoms with Crippen LogP contribution < -0.4 is 0 Å². The second-order valence-corrected chi connectivity index (χ2v) is 7.56. The topological polar surface area (TPSA) is 59.7 Å². The highest BCUT2D eigenvalue weighted by atomic mass is 35.5. The number of aromatic nitrogens is 3. The zero-order valence-electron chi connectivity index (χ0n) is 14.8. The van der Waals surface area contributed by atoms with Gasteiger partial charge in [-0.1, -0.05) is 41.1 Å². The Bertz CT molecular complexity index is 1090. The molecule has 3 heterocycles. The van der Waals surface area contributed by atoms with E-state index in [1.807, 2.05) is 0 Å². The van der Waals surface area contributed by atoms with Crippen LogP contribution >= 0.6 is 22.9 Å². The van der Waals surface area contributed by atoms with E-state index in [9.17, 15) is 18.0 Å². The number of morpholine rings is 1. The van der Waals surface area contributed by atoms with Crippen molar-refractivity contribution in [3.05, 3.63) is 46.1 Å². The smallest absolute Gasteiger partial charge is 0.378 e. The summed E-state index contributed by atoms with van der Waals surface area (Å²) in [5.74, 6) is -0.264. The maximum absolute atomic E-state index is 13.1. The third-order valence-corrected chi connectivity index (χ3v) is 5.60. The number of hydrogen-bond acceptors (Lipinski definition) is 5. The van der Waals surface area contributed by atoms with Gasteiger partial charge in [-0.25, -0.2) is 9.50 Å². The van der Waals surface area contributed by atoms with Crippen LogP contribution in [0, 0.1) is 0 Å². The Morgan fingerprint density at radius 3 is 2.66 bits per heavy atom. The van der Waals surface area contributed by atoms with Crippen LogP contribution in [0.15, 0.2) is 30.3 Å². The molecule has 152 valence electrons. The van der Waals surface area contributed by atoms with Gasteiger partial charge in [-0.2, -0.15) is 13.2 Å². The minimum absolute atomic E-state index is 0.0608. The minimum Gasteiger partial charge on any atom is -0.378 e. The number of amides is 1. The summed E-state index contributed by atoms with van der Waals surface area (Å²) in [6.07, 6.45) is -1.85. The molecule has 1 fully saturated rings. The molecule has 29 heavy (non-hydrogen) atoms. The predicted molar refractivity (Wildman–Crippen MR) is 103 cm³/mol. The second-order valence-electron chi connectivity index (χ2n) is 6.20. The van der Waals surface area contributed by atoms with Gasteiger partial charge in [0.2, 0.25) is 15.9 Å². The number of alkyl halides is 3. The molecule has 3 aromatic rings. The number of benzene rings is 1. The van der Waals surface area contributed by atoms with Crippen LogP contribution in [0.3, 0.4) is 0 Å². The van der Waals surface area contributed by atoms with E-state index in [2.05, 4.69) is 10.1 Å². The van der Waals surface area contributed by atoms with Gasteiger partial charge in [0.1, 0.15) is 5.69 Å². The Kier molecular flexibility index (Phi) is 5.32. The van der Waals surface area contributed by atoms with Gasteiger partial charge in [-0.15, -0.1) is 5.10 Å². The van der Waals surface area contributed by atoms with E-state index in [1.165, 1.54) is 12.2 Å². The van der Waals surface area contributed by atoms with Crippen molar-refractivity contribution in [1.82, 2.24) is 19.5 Å². The standard InChI is InChI=1S/C18H14ClF3N4O2S/c19-12-4-2-1-3-11(12)15-13(5-6-14(27)25-7-9-28-10-8-25)26-17(23-15)29-16(24-26)18(20,21)22/h1-6H,7-10H2. The molecule has 0 N–H and O–H groups in total. The number of imidazole rings is 1. The fourth-order valence-electron chi connectivity index (χ4n) is 2.92. The van der Waals surface area contributed by atoms with Crippen LogP contribution in [-0.4, -0.2) is 51.7 Å². The van der Waals surface area contributed by atoms with Crippen LogP contribution in [0.1, 0.15) is 10.7 Å². The minimum atomic E-state index is -4.58. The summed E-state index contributed by atoms with van der Waals surface area (Å²) in [4.78, 5) is 18.4. The number of nitrogens with zero attached hydrogens (tertiary/aromatic N) is 4. The summed E-state index contributed by atoms with van der Waals surface area (Å²) in [5, 5.41) is 3.04. The van der Waals surface area contributed by atoms with Crippen LogP contribution in [0.25, 0.3) is 22.3 Å². The highest BCUT2D eigenvalue weighted by Crippen LogP contribution is 2.36. The normalized spacial score (nSPS) is 15.5. The fourth-order valence-corrected chi connectivity index (χ4v) is 3.92. The lowest BCUT2D eigenvalue weighted by molar-refractivity contribution is -0.138. The van der Waals surface area contributed by atoms with Gasteiger partial charge >= 0.3 is 6.18 Å². The van der Waals surface area contributed by atoms with Crippen molar-refractivity contribution in [2.45, 2.75) is 6.18 Å². The molecule has 1 aliphatic heterocycles. The van der Waals surface area contributed by atoms with Gasteiger partial charge < -0.3 is 9.64 Å². The molecule has 2 aromatic heterocycles. The van der Waals surface area contributed by atoms with Gasteiger partial charge in [-0.3, -0.25) is 4.79 Å². The molecule has 4 rings (SSSR count). The van der Waals surface area contributed by atoms with E-state index >= 15 is 0 Å². The number of carbonyl (C=O) groups excluding carboxylic acids is 1. The van der Waals surface area contributed by atoms with Crippen LogP contribution in [0.4, 0.5) is 13.2 Å². The van der Waals surface area contributed by atoms with E-state index in [4.69, 9.17) is 16.3 Å². The third kappa shape index (κ3) is 4.00. The summed E-state index contributed by atoms with van der Waals surface area (Å²) >= 11 is 6.68. The first kappa shape index (κ1) is 19.9. The number of fused-ring (bicyclic) bond motifs is 1. The summed E-state index contributed by atoms with van der Waals surface area (Å²) in [5.41, 5.74) is 1.15. The van der Waals surface area contributed by atoms with Crippen LogP contribution in [0.2, 0.25) is 5.02 Å². The maximum atomic E-state index is 13.1. The van der Waals surface area contributed by atoms with Gasteiger partial charge in [0.05, 0.1) is 23.9 Å². The Morgan fingerprint density at radius 2 is 1.97 bits per heavy atom. The fraction of sp³-hybridized carbons (Fsp3) is 0.278. The van der Waals surface area contributed by atoms with Gasteiger partial charge in [0, 0.05) is 24.7 Å². The number of halogens is 4. The van der Waals surface area contributed by atoms with Crippen LogP contribution in [-0.2, 0) is 15.7 Å². The SMILES string of the molecule is O=C(C=Cc1c(-c2ccccc2Cl)nc2sc(C(F)(F)F)nn12)N1CCOCC1. The van der Waals surface area contributed by atoms with Crippen molar-refractivity contribution in [1.29, 1.82) is 0 Å². The Morgan fingerprint density at radius 1 is 1.24 bits per heavy atom. The Labute approximate surface area is 172 Å². The molecule has 0 saturated carbocycles. The average molecular weight is 443 g/mol. The van der Waals surface area contributed by atoms with Crippen molar-refractivity contribution in [2.24, 2.45) is 0 Å². The highest BCUT2D eigenvalue weighted by molar-refractivity contribution is 7.16. The summed E-state index contributed by atoms with van der Waals surface area (Å²) in [7, 11) is 0. The third-order valence-electron chi connectivity index (χ3n) is 4.32. The van der Waals surface area contributed by atoms with E-state index in [0.717, 1.165) is 4.52 Å². The lowest BCUT2D eigenvalue weighted by Gasteiger charge is -2.25. The number of ether oxygens (including phenoxy) is 1. The molecular weight excluding hydrogens is 429 g/mol. The predicted octanol–water partition coefficient (Wildman–Crippen LogP) is 4.00. The molecule has 11 heteroatoms. The van der Waals surface area contributed by atoms with Gasteiger partial charge in [-0.05, 0) is 12.1 Å². The summed E-state index contributed by atoms with van der Waals surface area (Å²) in [6.45, 7) is 1.80. The first-order chi connectivity index (χ1) is 13.8. The zero-order chi connectivity index (χ0) is 20.6. The quantitative estimate of drug-likeness (QED) is 0.575. The molecule has 0 atom stereocenters. The monoisotopic (exact) mass is 442 g/mol. The van der Waals surface area contributed by atoms with Crippen molar-refractivity contribution in [3.63, 3.8) is 0 Å². The molecule has 0 bridgehead atoms. The van der Waals surface area contributed by atoms with E-state index in [1.54, 1.807) is 29.2 Å².